The normalized spacial score (nSPS) is 10.9. The van der Waals surface area contributed by atoms with E-state index < -0.39 is 0 Å². The third-order valence-electron chi connectivity index (χ3n) is 3.17. The lowest BCUT2D eigenvalue weighted by molar-refractivity contribution is 0.860. The van der Waals surface area contributed by atoms with Gasteiger partial charge in [-0.2, -0.15) is 25.3 Å². The maximum atomic E-state index is 3.87. The molecule has 0 spiro atoms. The Balaban J connectivity index is 4.43. The Bertz CT molecular complexity index is 155. The van der Waals surface area contributed by atoms with E-state index in [0.717, 1.165) is 19.0 Å². The van der Waals surface area contributed by atoms with Gasteiger partial charge in [-0.05, 0) is 0 Å². The first-order chi connectivity index (χ1) is 6.74. The van der Waals surface area contributed by atoms with Crippen molar-refractivity contribution < 1.29 is 0 Å². The van der Waals surface area contributed by atoms with Gasteiger partial charge in [-0.15, -0.1) is 38.0 Å². The van der Waals surface area contributed by atoms with E-state index in [1.165, 1.54) is 19.2 Å². The lowest BCUT2D eigenvalue weighted by Crippen LogP contribution is -2.31. The molecule has 0 radical (unpaired) electrons. The third kappa shape index (κ3) is 4.50. The Morgan fingerprint density at radius 3 is 1.64 bits per heavy atom. The van der Waals surface area contributed by atoms with Crippen LogP contribution in [0.15, 0.2) is 38.0 Å². The highest BCUT2D eigenvalue weighted by molar-refractivity contribution is 6.81. The maximum Gasteiger partial charge on any atom is 0.0122 e. The lowest BCUT2D eigenvalue weighted by Gasteiger charge is -2.36. The molecule has 0 fully saturated rings. The van der Waals surface area contributed by atoms with Crippen LogP contribution < -0.4 is 0 Å². The van der Waals surface area contributed by atoms with Crippen molar-refractivity contribution in [3.63, 3.8) is 0 Å². The molecule has 0 aliphatic carbocycles. The van der Waals surface area contributed by atoms with Crippen LogP contribution in [0.4, 0.5) is 0 Å². The van der Waals surface area contributed by atoms with Crippen LogP contribution in [0.25, 0.3) is 0 Å². The van der Waals surface area contributed by atoms with Gasteiger partial charge in [0.2, 0.25) is 0 Å². The van der Waals surface area contributed by atoms with Crippen molar-refractivity contribution in [2.75, 3.05) is 0 Å². The average molecular weight is 191 g/mol. The van der Waals surface area contributed by atoms with E-state index >= 15 is 0 Å². The van der Waals surface area contributed by atoms with E-state index in [4.69, 9.17) is 0 Å². The summed E-state index contributed by atoms with van der Waals surface area (Å²) in [5, 5.41) is 0. The fourth-order valence-corrected chi connectivity index (χ4v) is 2.34. The molecule has 0 N–H and O–H groups in total. The molecule has 0 rings (SSSR count). The minimum absolute atomic E-state index is 0.335. The molecule has 0 heterocycles. The first-order valence-electron chi connectivity index (χ1n) is 5.79. The smallest absolute Gasteiger partial charge is 0.0122 e. The maximum absolute atomic E-state index is 3.87. The predicted octanol–water partition coefficient (Wildman–Crippen LogP) is 4.79. The van der Waals surface area contributed by atoms with Crippen LogP contribution in [0, 0.1) is 0 Å². The second-order valence-electron chi connectivity index (χ2n) is 4.45. The molecule has 0 saturated carbocycles. The van der Waals surface area contributed by atoms with Crippen molar-refractivity contribution in [3.05, 3.63) is 38.0 Å². The zero-order chi connectivity index (χ0) is 10.9. The minimum atomic E-state index is -0.335. The summed E-state index contributed by atoms with van der Waals surface area (Å²) in [6, 6.07) is 0. The van der Waals surface area contributed by atoms with Crippen LogP contribution in [-0.2, 0) is 0 Å². The molecule has 80 valence electrons. The van der Waals surface area contributed by atoms with Crippen LogP contribution >= 0.6 is 0 Å². The van der Waals surface area contributed by atoms with Gasteiger partial charge >= 0.3 is 0 Å². The fraction of sp³-hybridized carbons (Fsp3) is 0.538. The molecule has 0 atom stereocenters. The van der Waals surface area contributed by atoms with Crippen molar-refractivity contribution in [2.45, 2.75) is 45.0 Å². The summed E-state index contributed by atoms with van der Waals surface area (Å²) in [5.74, 6) is 0. The molecular weight excluding hydrogens is 167 g/mol. The topological polar surface area (TPSA) is 0 Å². The first kappa shape index (κ1) is 13.3. The molecule has 0 aromatic heterocycles. The molecule has 0 saturated heterocycles. The Labute approximate surface area is 89.7 Å². The van der Waals surface area contributed by atoms with Crippen molar-refractivity contribution in [2.24, 2.45) is 0 Å². The van der Waals surface area contributed by atoms with E-state index in [0.29, 0.717) is 0 Å². The summed E-state index contributed by atoms with van der Waals surface area (Å²) in [4.78, 5) is 0. The zero-order valence-electron chi connectivity index (χ0n) is 9.67. The van der Waals surface area contributed by atoms with Gasteiger partial charge in [0.05, 0.1) is 0 Å². The van der Waals surface area contributed by atoms with Crippen molar-refractivity contribution in [1.29, 1.82) is 0 Å². The number of rotatable bonds is 9. The number of hydrogen-bond donors (Lipinski definition) is 0. The van der Waals surface area contributed by atoms with Crippen LogP contribution in [0.1, 0.15) is 19.8 Å². The minimum Gasteiger partial charge on any atom is -0.177 e. The summed E-state index contributed by atoms with van der Waals surface area (Å²) in [6.07, 6.45) is 13.2. The van der Waals surface area contributed by atoms with Gasteiger partial charge in [0.25, 0.3) is 0 Å². The van der Waals surface area contributed by atoms with E-state index in [-0.39, 0.29) is 6.15 Å². The number of allylic oxidation sites excluding steroid dienone is 3. The molecule has 0 aliphatic heterocycles. The quantitative estimate of drug-likeness (QED) is 0.363. The number of hydrogen-bond acceptors (Lipinski definition) is 0. The monoisotopic (exact) mass is 191 g/mol. The molecule has 1 heteroatoms. The van der Waals surface area contributed by atoms with Gasteiger partial charge in [0, 0.05) is 6.15 Å². The van der Waals surface area contributed by atoms with Gasteiger partial charge in [-0.3, -0.25) is 0 Å². The summed E-state index contributed by atoms with van der Waals surface area (Å²) in [7, 11) is 0. The zero-order valence-corrected chi connectivity index (χ0v) is 9.67. The van der Waals surface area contributed by atoms with E-state index in [1.54, 1.807) is 0 Å². The Morgan fingerprint density at radius 1 is 0.929 bits per heavy atom. The predicted molar refractivity (Wildman–Crippen MR) is 70.5 cm³/mol. The van der Waals surface area contributed by atoms with Gasteiger partial charge in [-0.1, -0.05) is 19.8 Å². The standard InChI is InChI=1S/C13H24B/c1-5-9-13-14(10-6-2,11-7-3)12-8-4/h6-8H,2-5,9-13H2,1H3/q-1. The van der Waals surface area contributed by atoms with Crippen LogP contribution in [0.2, 0.25) is 25.3 Å². The Hall–Kier alpha value is -0.715. The van der Waals surface area contributed by atoms with Crippen molar-refractivity contribution in [1.82, 2.24) is 0 Å². The van der Waals surface area contributed by atoms with Gasteiger partial charge in [0.1, 0.15) is 0 Å². The van der Waals surface area contributed by atoms with Crippen molar-refractivity contribution >= 4 is 6.15 Å². The van der Waals surface area contributed by atoms with E-state index in [1.807, 2.05) is 0 Å². The van der Waals surface area contributed by atoms with E-state index in [2.05, 4.69) is 44.9 Å². The highest BCUT2D eigenvalue weighted by Gasteiger charge is 2.19. The second kappa shape index (κ2) is 7.67. The Kier molecular flexibility index (Phi) is 7.28. The average Bonchev–Trinajstić information content (AvgIpc) is 2.16. The fourth-order valence-electron chi connectivity index (χ4n) is 2.34. The molecule has 14 heavy (non-hydrogen) atoms. The molecular formula is C13H24B-. The van der Waals surface area contributed by atoms with Crippen LogP contribution in [-0.4, -0.2) is 6.15 Å². The largest absolute Gasteiger partial charge is 0.177 e. The third-order valence-corrected chi connectivity index (χ3v) is 3.17. The summed E-state index contributed by atoms with van der Waals surface area (Å²) in [6.45, 7) is 13.8. The molecule has 0 unspecified atom stereocenters. The lowest BCUT2D eigenvalue weighted by atomic mass is 9.18. The first-order valence-corrected chi connectivity index (χ1v) is 5.79. The van der Waals surface area contributed by atoms with Gasteiger partial charge < -0.3 is 0 Å². The van der Waals surface area contributed by atoms with Crippen LogP contribution in [0.3, 0.4) is 0 Å². The summed E-state index contributed by atoms with van der Waals surface area (Å²) in [5.41, 5.74) is 0. The summed E-state index contributed by atoms with van der Waals surface area (Å²) >= 11 is 0. The van der Waals surface area contributed by atoms with Gasteiger partial charge in [0.15, 0.2) is 0 Å². The van der Waals surface area contributed by atoms with Crippen LogP contribution in [0.5, 0.6) is 0 Å². The molecule has 0 bridgehead atoms. The summed E-state index contributed by atoms with van der Waals surface area (Å²) < 4.78 is 0. The van der Waals surface area contributed by atoms with E-state index in [9.17, 15) is 0 Å². The van der Waals surface area contributed by atoms with Gasteiger partial charge in [-0.25, -0.2) is 0 Å². The molecule has 0 amide bonds. The highest BCUT2D eigenvalue weighted by atomic mass is 14.0. The molecule has 0 aromatic rings. The SMILES string of the molecule is C=CC[B-](CC=C)(CC=C)CCCC. The van der Waals surface area contributed by atoms with Crippen molar-refractivity contribution in [3.8, 4) is 0 Å². The molecule has 0 aliphatic rings. The molecule has 0 nitrogen and oxygen atoms in total. The highest BCUT2D eigenvalue weighted by Crippen LogP contribution is 2.29. The number of unbranched alkanes of at least 4 members (excludes halogenated alkanes) is 1. The Morgan fingerprint density at radius 2 is 1.36 bits per heavy atom. The molecule has 0 aromatic carbocycles. The second-order valence-corrected chi connectivity index (χ2v) is 4.45.